The molecule has 1 fully saturated rings. The maximum absolute atomic E-state index is 12.6. The second-order valence-electron chi connectivity index (χ2n) is 5.87. The number of halogens is 1. The van der Waals surface area contributed by atoms with Crippen molar-refractivity contribution in [3.05, 3.63) is 35.0 Å². The number of nitrogens with one attached hydrogen (secondary N) is 1. The summed E-state index contributed by atoms with van der Waals surface area (Å²) in [6.45, 7) is 2.02. The molecule has 1 aromatic carbocycles. The second kappa shape index (κ2) is 6.22. The normalized spacial score (nSPS) is 19.5. The van der Waals surface area contributed by atoms with Gasteiger partial charge in [0.15, 0.2) is 9.84 Å². The molecule has 0 radical (unpaired) electrons. The number of hydrogen-bond donors (Lipinski definition) is 1. The number of hydrogen-bond acceptors (Lipinski definition) is 4. The summed E-state index contributed by atoms with van der Waals surface area (Å²) in [6.07, 6.45) is 1.86. The molecule has 6 nitrogen and oxygen atoms in total. The third-order valence-corrected chi connectivity index (χ3v) is 6.32. The summed E-state index contributed by atoms with van der Waals surface area (Å²) < 4.78 is 23.3. The van der Waals surface area contributed by atoms with Gasteiger partial charge >= 0.3 is 0 Å². The minimum absolute atomic E-state index is 0.0539. The van der Waals surface area contributed by atoms with Gasteiger partial charge in [0.2, 0.25) is 0 Å². The lowest BCUT2D eigenvalue weighted by Crippen LogP contribution is -2.44. The SMILES string of the molecule is CCN(C(=O)C(=O)c1c[nH]c2ccc(Cl)cc12)C1CCS(=O)(=O)C1. The first-order valence-corrected chi connectivity index (χ1v) is 9.84. The first-order chi connectivity index (χ1) is 11.3. The van der Waals surface area contributed by atoms with Crippen LogP contribution in [0.1, 0.15) is 23.7 Å². The molecule has 1 amide bonds. The largest absolute Gasteiger partial charge is 0.360 e. The van der Waals surface area contributed by atoms with Crippen molar-refractivity contribution in [2.24, 2.45) is 0 Å². The van der Waals surface area contributed by atoms with Crippen molar-refractivity contribution in [1.29, 1.82) is 0 Å². The number of benzene rings is 1. The van der Waals surface area contributed by atoms with Gasteiger partial charge in [0.05, 0.1) is 17.1 Å². The quantitative estimate of drug-likeness (QED) is 0.660. The molecule has 0 saturated carbocycles. The highest BCUT2D eigenvalue weighted by Crippen LogP contribution is 2.24. The number of sulfone groups is 1. The average molecular weight is 369 g/mol. The van der Waals surface area contributed by atoms with E-state index in [4.69, 9.17) is 11.6 Å². The van der Waals surface area contributed by atoms with Gasteiger partial charge in [0, 0.05) is 34.7 Å². The van der Waals surface area contributed by atoms with E-state index in [1.165, 1.54) is 11.1 Å². The van der Waals surface area contributed by atoms with Crippen molar-refractivity contribution in [2.45, 2.75) is 19.4 Å². The summed E-state index contributed by atoms with van der Waals surface area (Å²) in [5, 5.41) is 1.05. The average Bonchev–Trinajstić information content (AvgIpc) is 3.10. The highest BCUT2D eigenvalue weighted by Gasteiger charge is 2.36. The van der Waals surface area contributed by atoms with E-state index in [0.29, 0.717) is 22.3 Å². The molecule has 1 N–H and O–H groups in total. The third-order valence-electron chi connectivity index (χ3n) is 4.33. The summed E-state index contributed by atoms with van der Waals surface area (Å²) in [6, 6.07) is 4.62. The van der Waals surface area contributed by atoms with E-state index >= 15 is 0 Å². The van der Waals surface area contributed by atoms with Crippen LogP contribution in [0.3, 0.4) is 0 Å². The molecule has 1 aromatic heterocycles. The van der Waals surface area contributed by atoms with Crippen LogP contribution in [0.5, 0.6) is 0 Å². The van der Waals surface area contributed by atoms with Gasteiger partial charge in [0.25, 0.3) is 11.7 Å². The van der Waals surface area contributed by atoms with Gasteiger partial charge in [0.1, 0.15) is 0 Å². The Kier molecular flexibility index (Phi) is 4.40. The zero-order chi connectivity index (χ0) is 17.5. The molecule has 1 unspecified atom stereocenters. The zero-order valence-corrected chi connectivity index (χ0v) is 14.7. The van der Waals surface area contributed by atoms with Crippen LogP contribution in [0.2, 0.25) is 5.02 Å². The lowest BCUT2D eigenvalue weighted by molar-refractivity contribution is -0.128. The molecule has 0 aliphatic carbocycles. The number of nitrogens with zero attached hydrogens (tertiary/aromatic N) is 1. The smallest absolute Gasteiger partial charge is 0.295 e. The first kappa shape index (κ1) is 17.0. The maximum Gasteiger partial charge on any atom is 0.295 e. The van der Waals surface area contributed by atoms with Gasteiger partial charge in [-0.1, -0.05) is 11.6 Å². The number of aromatic amines is 1. The maximum atomic E-state index is 12.6. The summed E-state index contributed by atoms with van der Waals surface area (Å²) >= 11 is 5.97. The molecule has 1 aliphatic rings. The number of ketones is 1. The molecule has 1 atom stereocenters. The molecule has 8 heteroatoms. The fourth-order valence-corrected chi connectivity index (χ4v) is 5.02. The summed E-state index contributed by atoms with van der Waals surface area (Å²) in [5.74, 6) is -1.37. The van der Waals surface area contributed by atoms with E-state index in [9.17, 15) is 18.0 Å². The lowest BCUT2D eigenvalue weighted by Gasteiger charge is -2.25. The fraction of sp³-hybridized carbons (Fsp3) is 0.375. The van der Waals surface area contributed by atoms with Crippen molar-refractivity contribution in [3.8, 4) is 0 Å². The number of H-pyrrole nitrogens is 1. The number of Topliss-reactive ketones (excluding diaryl/α,β-unsaturated/α-hetero) is 1. The molecule has 0 spiro atoms. The van der Waals surface area contributed by atoms with Crippen molar-refractivity contribution < 1.29 is 18.0 Å². The Labute approximate surface area is 144 Å². The number of likely N-dealkylation sites (N-methyl/N-ethyl adjacent to an activating group) is 1. The van der Waals surface area contributed by atoms with Crippen molar-refractivity contribution >= 4 is 44.0 Å². The Hall–Kier alpha value is -1.86. The van der Waals surface area contributed by atoms with E-state index in [2.05, 4.69) is 4.98 Å². The van der Waals surface area contributed by atoms with Crippen LogP contribution in [-0.4, -0.2) is 54.1 Å². The Morgan fingerprint density at radius 1 is 1.38 bits per heavy atom. The molecule has 1 saturated heterocycles. The molecule has 3 rings (SSSR count). The Bertz CT molecular complexity index is 919. The molecular formula is C16H17ClN2O4S. The molecule has 128 valence electrons. The minimum atomic E-state index is -3.13. The van der Waals surface area contributed by atoms with Gasteiger partial charge in [-0.3, -0.25) is 9.59 Å². The number of amides is 1. The van der Waals surface area contributed by atoms with Crippen LogP contribution in [0.4, 0.5) is 0 Å². The molecule has 2 heterocycles. The monoisotopic (exact) mass is 368 g/mol. The van der Waals surface area contributed by atoms with Crippen molar-refractivity contribution in [3.63, 3.8) is 0 Å². The number of rotatable bonds is 4. The Morgan fingerprint density at radius 3 is 2.75 bits per heavy atom. The van der Waals surface area contributed by atoms with E-state index < -0.39 is 27.6 Å². The van der Waals surface area contributed by atoms with Crippen LogP contribution in [0.15, 0.2) is 24.4 Å². The van der Waals surface area contributed by atoms with Gasteiger partial charge in [-0.25, -0.2) is 8.42 Å². The Balaban J connectivity index is 1.90. The van der Waals surface area contributed by atoms with Crippen LogP contribution < -0.4 is 0 Å². The predicted octanol–water partition coefficient (Wildman–Crippen LogP) is 2.04. The van der Waals surface area contributed by atoms with Crippen LogP contribution >= 0.6 is 11.6 Å². The second-order valence-corrected chi connectivity index (χ2v) is 8.53. The van der Waals surface area contributed by atoms with E-state index in [1.54, 1.807) is 25.1 Å². The van der Waals surface area contributed by atoms with E-state index in [1.807, 2.05) is 0 Å². The van der Waals surface area contributed by atoms with Crippen LogP contribution in [0, 0.1) is 0 Å². The summed E-state index contributed by atoms with van der Waals surface area (Å²) in [5.41, 5.74) is 0.957. The van der Waals surface area contributed by atoms with Gasteiger partial charge in [-0.05, 0) is 31.5 Å². The minimum Gasteiger partial charge on any atom is -0.360 e. The van der Waals surface area contributed by atoms with Crippen LogP contribution in [0.25, 0.3) is 10.9 Å². The number of carbonyl (C=O) groups excluding carboxylic acids is 2. The molecule has 24 heavy (non-hydrogen) atoms. The zero-order valence-electron chi connectivity index (χ0n) is 13.1. The topological polar surface area (TPSA) is 87.3 Å². The molecule has 1 aliphatic heterocycles. The standard InChI is InChI=1S/C16H17ClN2O4S/c1-2-19(11-5-6-24(22,23)9-11)16(21)15(20)13-8-18-14-4-3-10(17)7-12(13)14/h3-4,7-8,11,18H,2,5-6,9H2,1H3. The number of aromatic nitrogens is 1. The highest BCUT2D eigenvalue weighted by molar-refractivity contribution is 7.91. The predicted molar refractivity (Wildman–Crippen MR) is 92.1 cm³/mol. The van der Waals surface area contributed by atoms with Crippen molar-refractivity contribution in [1.82, 2.24) is 9.88 Å². The number of fused-ring (bicyclic) bond motifs is 1. The first-order valence-electron chi connectivity index (χ1n) is 7.64. The van der Waals surface area contributed by atoms with E-state index in [-0.39, 0.29) is 23.6 Å². The fourth-order valence-electron chi connectivity index (χ4n) is 3.12. The van der Waals surface area contributed by atoms with Crippen LogP contribution in [-0.2, 0) is 14.6 Å². The van der Waals surface area contributed by atoms with Crippen molar-refractivity contribution in [2.75, 3.05) is 18.1 Å². The number of carbonyl (C=O) groups is 2. The molecule has 2 aromatic rings. The summed E-state index contributed by atoms with van der Waals surface area (Å²) in [4.78, 5) is 29.6. The Morgan fingerprint density at radius 2 is 2.12 bits per heavy atom. The van der Waals surface area contributed by atoms with Gasteiger partial charge in [-0.15, -0.1) is 0 Å². The molecule has 0 bridgehead atoms. The highest BCUT2D eigenvalue weighted by atomic mass is 35.5. The van der Waals surface area contributed by atoms with E-state index in [0.717, 1.165) is 0 Å². The lowest BCUT2D eigenvalue weighted by atomic mass is 10.1. The summed E-state index contributed by atoms with van der Waals surface area (Å²) in [7, 11) is -3.13. The van der Waals surface area contributed by atoms with Gasteiger partial charge < -0.3 is 9.88 Å². The third kappa shape index (κ3) is 3.06. The molecular weight excluding hydrogens is 352 g/mol. The van der Waals surface area contributed by atoms with Gasteiger partial charge in [-0.2, -0.15) is 0 Å².